The molecule has 0 bridgehead atoms. The zero-order valence-corrected chi connectivity index (χ0v) is 13.2. The Morgan fingerprint density at radius 1 is 1.42 bits per heavy atom. The van der Waals surface area contributed by atoms with Crippen LogP contribution in [0.1, 0.15) is 37.7 Å². The fourth-order valence-electron chi connectivity index (χ4n) is 1.95. The highest BCUT2D eigenvalue weighted by atomic mass is 79.9. The van der Waals surface area contributed by atoms with Gasteiger partial charge in [-0.25, -0.2) is 4.68 Å². The summed E-state index contributed by atoms with van der Waals surface area (Å²) in [5.41, 5.74) is 8.86. The fraction of sp³-hybridized carbons (Fsp3) is 0.385. The average Bonchev–Trinajstić information content (AvgIpc) is 2.84. The van der Waals surface area contributed by atoms with Crippen molar-refractivity contribution in [2.75, 3.05) is 0 Å². The van der Waals surface area contributed by atoms with Gasteiger partial charge in [0.15, 0.2) is 0 Å². The van der Waals surface area contributed by atoms with Crippen LogP contribution in [0.4, 0.5) is 0 Å². The van der Waals surface area contributed by atoms with Crippen LogP contribution in [0, 0.1) is 0 Å². The van der Waals surface area contributed by atoms with Gasteiger partial charge in [-0.2, -0.15) is 0 Å². The van der Waals surface area contributed by atoms with E-state index < -0.39 is 0 Å². The lowest BCUT2D eigenvalue weighted by molar-refractivity contribution is 0.665. The van der Waals surface area contributed by atoms with Gasteiger partial charge in [-0.15, -0.1) is 5.10 Å². The molecule has 102 valence electrons. The monoisotopic (exact) mass is 342 g/mol. The van der Waals surface area contributed by atoms with Crippen LogP contribution in [0.2, 0.25) is 5.02 Å². The number of aromatic nitrogens is 3. The minimum atomic E-state index is -0.0744. The molecule has 1 unspecified atom stereocenters. The number of nitrogens with two attached hydrogens (primary N) is 1. The van der Waals surface area contributed by atoms with Crippen molar-refractivity contribution in [3.05, 3.63) is 39.1 Å². The van der Waals surface area contributed by atoms with Crippen LogP contribution in [0.15, 0.2) is 22.7 Å². The molecule has 19 heavy (non-hydrogen) atoms. The Hall–Kier alpha value is -0.910. The predicted octanol–water partition coefficient (Wildman–Crippen LogP) is 3.66. The first-order valence-corrected chi connectivity index (χ1v) is 7.41. The summed E-state index contributed by atoms with van der Waals surface area (Å²) in [7, 11) is 0. The number of hydrogen-bond acceptors (Lipinski definition) is 3. The molecular formula is C13H16BrClN4. The summed E-state index contributed by atoms with van der Waals surface area (Å²) in [6, 6.07) is 5.64. The Morgan fingerprint density at radius 3 is 2.74 bits per heavy atom. The topological polar surface area (TPSA) is 56.7 Å². The van der Waals surface area contributed by atoms with Crippen molar-refractivity contribution in [1.29, 1.82) is 0 Å². The molecule has 2 aromatic rings. The van der Waals surface area contributed by atoms with Gasteiger partial charge in [-0.3, -0.25) is 0 Å². The van der Waals surface area contributed by atoms with Crippen LogP contribution in [0.25, 0.3) is 5.69 Å². The summed E-state index contributed by atoms with van der Waals surface area (Å²) >= 11 is 9.50. The Kier molecular flexibility index (Phi) is 4.60. The van der Waals surface area contributed by atoms with E-state index in [0.717, 1.165) is 34.4 Å². The number of hydrogen-bond donors (Lipinski definition) is 1. The normalized spacial score (nSPS) is 12.7. The molecule has 1 aromatic heterocycles. The SMILES string of the molecule is CCc1c(C(N)CC)nnn1-c1ccc(Br)c(Cl)c1. The largest absolute Gasteiger partial charge is 0.323 e. The first-order valence-electron chi connectivity index (χ1n) is 6.23. The second-order valence-corrected chi connectivity index (χ2v) is 5.56. The molecule has 0 saturated heterocycles. The third-order valence-electron chi connectivity index (χ3n) is 3.07. The van der Waals surface area contributed by atoms with Crippen LogP contribution < -0.4 is 5.73 Å². The quantitative estimate of drug-likeness (QED) is 0.921. The fourth-order valence-corrected chi connectivity index (χ4v) is 2.37. The van der Waals surface area contributed by atoms with Gasteiger partial charge in [0.2, 0.25) is 0 Å². The molecule has 0 aliphatic rings. The van der Waals surface area contributed by atoms with E-state index in [1.165, 1.54) is 0 Å². The van der Waals surface area contributed by atoms with Crippen molar-refractivity contribution in [3.8, 4) is 5.69 Å². The second kappa shape index (κ2) is 6.03. The molecule has 1 atom stereocenters. The molecule has 1 heterocycles. The molecule has 0 aliphatic carbocycles. The lowest BCUT2D eigenvalue weighted by atomic mass is 10.1. The highest BCUT2D eigenvalue weighted by molar-refractivity contribution is 9.10. The third kappa shape index (κ3) is 2.83. The van der Waals surface area contributed by atoms with Gasteiger partial charge in [-0.05, 0) is 47.0 Å². The molecule has 0 saturated carbocycles. The third-order valence-corrected chi connectivity index (χ3v) is 4.30. The summed E-state index contributed by atoms with van der Waals surface area (Å²) in [5.74, 6) is 0. The van der Waals surface area contributed by atoms with Gasteiger partial charge in [0.05, 0.1) is 22.4 Å². The van der Waals surface area contributed by atoms with Crippen LogP contribution in [0.3, 0.4) is 0 Å². The first kappa shape index (κ1) is 14.5. The highest BCUT2D eigenvalue weighted by Crippen LogP contribution is 2.26. The van der Waals surface area contributed by atoms with E-state index in [4.69, 9.17) is 17.3 Å². The summed E-state index contributed by atoms with van der Waals surface area (Å²) in [6.07, 6.45) is 1.66. The Labute approximate surface area is 126 Å². The lowest BCUT2D eigenvalue weighted by Gasteiger charge is -2.10. The van der Waals surface area contributed by atoms with Crippen molar-refractivity contribution < 1.29 is 0 Å². The molecule has 0 spiro atoms. The maximum absolute atomic E-state index is 6.12. The molecule has 0 amide bonds. The lowest BCUT2D eigenvalue weighted by Crippen LogP contribution is -2.12. The smallest absolute Gasteiger partial charge is 0.103 e. The van der Waals surface area contributed by atoms with Crippen LogP contribution in [-0.2, 0) is 6.42 Å². The Balaban J connectivity index is 2.50. The summed E-state index contributed by atoms with van der Waals surface area (Å²) in [6.45, 7) is 4.11. The van der Waals surface area contributed by atoms with Gasteiger partial charge >= 0.3 is 0 Å². The van der Waals surface area contributed by atoms with Crippen LogP contribution in [0.5, 0.6) is 0 Å². The molecule has 0 fully saturated rings. The molecule has 2 N–H and O–H groups in total. The zero-order valence-electron chi connectivity index (χ0n) is 10.9. The highest BCUT2D eigenvalue weighted by Gasteiger charge is 2.17. The number of benzene rings is 1. The maximum atomic E-state index is 6.12. The van der Waals surface area contributed by atoms with Crippen LogP contribution >= 0.6 is 27.5 Å². The standard InChI is InChI=1S/C13H16BrClN4/c1-3-11(16)13-12(4-2)19(18-17-13)8-5-6-9(14)10(15)7-8/h5-7,11H,3-4,16H2,1-2H3. The van der Waals surface area contributed by atoms with Gasteiger partial charge in [0, 0.05) is 4.47 Å². The van der Waals surface area contributed by atoms with Crippen molar-refractivity contribution in [2.45, 2.75) is 32.7 Å². The number of halogens is 2. The van der Waals surface area contributed by atoms with Crippen molar-refractivity contribution in [3.63, 3.8) is 0 Å². The molecule has 6 heteroatoms. The van der Waals surface area contributed by atoms with E-state index in [1.807, 2.05) is 29.8 Å². The van der Waals surface area contributed by atoms with Crippen molar-refractivity contribution in [2.24, 2.45) is 5.73 Å². The van der Waals surface area contributed by atoms with E-state index in [9.17, 15) is 0 Å². The zero-order chi connectivity index (χ0) is 14.0. The van der Waals surface area contributed by atoms with Gasteiger partial charge < -0.3 is 5.73 Å². The maximum Gasteiger partial charge on any atom is 0.103 e. The second-order valence-electron chi connectivity index (χ2n) is 4.30. The summed E-state index contributed by atoms with van der Waals surface area (Å²) in [4.78, 5) is 0. The van der Waals surface area contributed by atoms with Gasteiger partial charge in [0.25, 0.3) is 0 Å². The van der Waals surface area contributed by atoms with Crippen LogP contribution in [-0.4, -0.2) is 15.0 Å². The van der Waals surface area contributed by atoms with Gasteiger partial charge in [0.1, 0.15) is 5.69 Å². The minimum Gasteiger partial charge on any atom is -0.323 e. The van der Waals surface area contributed by atoms with E-state index in [1.54, 1.807) is 0 Å². The number of nitrogens with zero attached hydrogens (tertiary/aromatic N) is 3. The summed E-state index contributed by atoms with van der Waals surface area (Å²) in [5, 5.41) is 9.08. The molecule has 2 rings (SSSR count). The summed E-state index contributed by atoms with van der Waals surface area (Å²) < 4.78 is 2.67. The van der Waals surface area contributed by atoms with E-state index in [-0.39, 0.29) is 6.04 Å². The van der Waals surface area contributed by atoms with Crippen molar-refractivity contribution >= 4 is 27.5 Å². The average molecular weight is 344 g/mol. The molecule has 4 nitrogen and oxygen atoms in total. The molecule has 1 aromatic carbocycles. The van der Waals surface area contributed by atoms with E-state index in [2.05, 4.69) is 33.2 Å². The Bertz CT molecular complexity index is 582. The van der Waals surface area contributed by atoms with Gasteiger partial charge in [-0.1, -0.05) is 30.7 Å². The molecular weight excluding hydrogens is 328 g/mol. The van der Waals surface area contributed by atoms with E-state index in [0.29, 0.717) is 5.02 Å². The molecule has 0 aliphatic heterocycles. The Morgan fingerprint density at radius 2 is 2.16 bits per heavy atom. The van der Waals surface area contributed by atoms with E-state index >= 15 is 0 Å². The number of rotatable bonds is 4. The predicted molar refractivity (Wildman–Crippen MR) is 80.7 cm³/mol. The minimum absolute atomic E-state index is 0.0744. The first-order chi connectivity index (χ1) is 9.08. The molecule has 0 radical (unpaired) electrons. The van der Waals surface area contributed by atoms with Crippen molar-refractivity contribution in [1.82, 2.24) is 15.0 Å².